The number of carbonyl (C=O) groups is 1. The maximum absolute atomic E-state index is 12.3. The van der Waals surface area contributed by atoms with Crippen molar-refractivity contribution in [3.63, 3.8) is 0 Å². The van der Waals surface area contributed by atoms with E-state index in [-0.39, 0.29) is 5.91 Å². The summed E-state index contributed by atoms with van der Waals surface area (Å²) < 4.78 is 12.0. The molecule has 5 heteroatoms. The number of hydrogen-bond donors (Lipinski definition) is 2. The topological polar surface area (TPSA) is 73.6 Å². The van der Waals surface area contributed by atoms with Crippen LogP contribution in [0.5, 0.6) is 11.5 Å². The van der Waals surface area contributed by atoms with Gasteiger partial charge in [-0.15, -0.1) is 0 Å². The fraction of sp³-hybridized carbons (Fsp3) is 0.588. The van der Waals surface area contributed by atoms with E-state index in [1.807, 2.05) is 25.1 Å². The minimum atomic E-state index is -0.863. The number of carbonyl (C=O) groups excluding carboxylic acids is 1. The lowest BCUT2D eigenvalue weighted by molar-refractivity contribution is -0.120. The predicted octanol–water partition coefficient (Wildman–Crippen LogP) is 3.18. The SMILES string of the molecule is CCCC(C)(N)C(=O)Nc1ccc2c(c1)OC1(CCCC1)O2. The summed E-state index contributed by atoms with van der Waals surface area (Å²) in [5.74, 6) is 0.803. The molecule has 1 aromatic rings. The van der Waals surface area contributed by atoms with E-state index in [0.29, 0.717) is 17.9 Å². The molecule has 0 bridgehead atoms. The normalized spacial score (nSPS) is 20.9. The van der Waals surface area contributed by atoms with Crippen molar-refractivity contribution in [3.05, 3.63) is 18.2 Å². The van der Waals surface area contributed by atoms with Crippen molar-refractivity contribution in [1.82, 2.24) is 0 Å². The molecule has 1 aliphatic carbocycles. The van der Waals surface area contributed by atoms with Gasteiger partial charge in [0.2, 0.25) is 5.91 Å². The molecular weight excluding hydrogens is 280 g/mol. The van der Waals surface area contributed by atoms with Crippen LogP contribution in [-0.4, -0.2) is 17.2 Å². The van der Waals surface area contributed by atoms with Gasteiger partial charge in [0.15, 0.2) is 11.5 Å². The zero-order valence-electron chi connectivity index (χ0n) is 13.3. The van der Waals surface area contributed by atoms with Gasteiger partial charge in [0, 0.05) is 24.6 Å². The monoisotopic (exact) mass is 304 g/mol. The Hall–Kier alpha value is -1.75. The van der Waals surface area contributed by atoms with Gasteiger partial charge in [0.25, 0.3) is 5.79 Å². The average Bonchev–Trinajstić information content (AvgIpc) is 3.05. The van der Waals surface area contributed by atoms with Gasteiger partial charge in [0.05, 0.1) is 5.54 Å². The molecule has 2 aliphatic rings. The van der Waals surface area contributed by atoms with Crippen LogP contribution in [0.15, 0.2) is 18.2 Å². The molecule has 0 radical (unpaired) electrons. The minimum Gasteiger partial charge on any atom is -0.448 e. The molecule has 1 aliphatic heterocycles. The molecule has 1 atom stereocenters. The maximum Gasteiger partial charge on any atom is 0.251 e. The summed E-state index contributed by atoms with van der Waals surface area (Å²) in [6.45, 7) is 3.77. The van der Waals surface area contributed by atoms with Crippen molar-refractivity contribution in [2.75, 3.05) is 5.32 Å². The third-order valence-corrected chi connectivity index (χ3v) is 4.45. The molecule has 0 saturated heterocycles. The van der Waals surface area contributed by atoms with E-state index in [2.05, 4.69) is 5.32 Å². The van der Waals surface area contributed by atoms with E-state index in [9.17, 15) is 4.79 Å². The second kappa shape index (κ2) is 5.47. The number of rotatable bonds is 4. The highest BCUT2D eigenvalue weighted by atomic mass is 16.7. The van der Waals surface area contributed by atoms with E-state index in [4.69, 9.17) is 15.2 Å². The summed E-state index contributed by atoms with van der Waals surface area (Å²) in [6, 6.07) is 5.50. The lowest BCUT2D eigenvalue weighted by atomic mass is 9.96. The first-order valence-corrected chi connectivity index (χ1v) is 8.07. The van der Waals surface area contributed by atoms with Gasteiger partial charge >= 0.3 is 0 Å². The van der Waals surface area contributed by atoms with Crippen molar-refractivity contribution in [1.29, 1.82) is 0 Å². The van der Waals surface area contributed by atoms with Gasteiger partial charge < -0.3 is 20.5 Å². The van der Waals surface area contributed by atoms with Gasteiger partial charge in [-0.05, 0) is 38.3 Å². The first-order valence-electron chi connectivity index (χ1n) is 8.07. The Kier molecular flexibility index (Phi) is 3.77. The average molecular weight is 304 g/mol. The fourth-order valence-corrected chi connectivity index (χ4v) is 3.20. The van der Waals surface area contributed by atoms with Crippen LogP contribution in [0.2, 0.25) is 0 Å². The third-order valence-electron chi connectivity index (χ3n) is 4.45. The molecule has 1 fully saturated rings. The number of benzene rings is 1. The Morgan fingerprint density at radius 3 is 2.68 bits per heavy atom. The molecule has 120 valence electrons. The molecule has 3 N–H and O–H groups in total. The summed E-state index contributed by atoms with van der Waals surface area (Å²) in [5, 5.41) is 2.88. The minimum absolute atomic E-state index is 0.177. The van der Waals surface area contributed by atoms with E-state index in [0.717, 1.165) is 37.9 Å². The Bertz CT molecular complexity index is 577. The van der Waals surface area contributed by atoms with Crippen molar-refractivity contribution < 1.29 is 14.3 Å². The highest BCUT2D eigenvalue weighted by Gasteiger charge is 2.44. The van der Waals surface area contributed by atoms with Crippen LogP contribution in [-0.2, 0) is 4.79 Å². The Morgan fingerprint density at radius 1 is 1.32 bits per heavy atom. The number of ether oxygens (including phenoxy) is 2. The van der Waals surface area contributed by atoms with Crippen LogP contribution in [0.3, 0.4) is 0 Å². The third kappa shape index (κ3) is 2.77. The smallest absolute Gasteiger partial charge is 0.251 e. The van der Waals surface area contributed by atoms with Crippen molar-refractivity contribution in [3.8, 4) is 11.5 Å². The predicted molar refractivity (Wildman–Crippen MR) is 85.0 cm³/mol. The molecule has 3 rings (SSSR count). The number of hydrogen-bond acceptors (Lipinski definition) is 4. The standard InChI is InChI=1S/C17H24N2O3/c1-3-8-16(2,18)15(20)19-12-6-7-13-14(11-12)22-17(21-13)9-4-5-10-17/h6-7,11H,3-5,8-10,18H2,1-2H3,(H,19,20). The second-order valence-electron chi connectivity index (χ2n) is 6.61. The first kappa shape index (κ1) is 15.2. The molecule has 1 spiro atoms. The number of amides is 1. The zero-order valence-corrected chi connectivity index (χ0v) is 13.3. The molecule has 1 amide bonds. The van der Waals surface area contributed by atoms with Crippen molar-refractivity contribution >= 4 is 11.6 Å². The van der Waals surface area contributed by atoms with E-state index in [1.165, 1.54) is 0 Å². The van der Waals surface area contributed by atoms with Crippen molar-refractivity contribution in [2.45, 2.75) is 63.7 Å². The quantitative estimate of drug-likeness (QED) is 0.896. The van der Waals surface area contributed by atoms with E-state index >= 15 is 0 Å². The second-order valence-corrected chi connectivity index (χ2v) is 6.61. The molecule has 5 nitrogen and oxygen atoms in total. The van der Waals surface area contributed by atoms with Crippen LogP contribution in [0.25, 0.3) is 0 Å². The van der Waals surface area contributed by atoms with Gasteiger partial charge in [-0.2, -0.15) is 0 Å². The Labute approximate surface area is 131 Å². The lowest BCUT2D eigenvalue weighted by Gasteiger charge is -2.23. The van der Waals surface area contributed by atoms with Crippen LogP contribution in [0.1, 0.15) is 52.4 Å². The summed E-state index contributed by atoms with van der Waals surface area (Å²) in [5.41, 5.74) is 5.88. The molecule has 22 heavy (non-hydrogen) atoms. The molecular formula is C17H24N2O3. The Morgan fingerprint density at radius 2 is 2.00 bits per heavy atom. The van der Waals surface area contributed by atoms with E-state index < -0.39 is 11.3 Å². The number of fused-ring (bicyclic) bond motifs is 1. The molecule has 1 heterocycles. The van der Waals surface area contributed by atoms with E-state index in [1.54, 1.807) is 6.92 Å². The summed E-state index contributed by atoms with van der Waals surface area (Å²) in [4.78, 5) is 12.3. The lowest BCUT2D eigenvalue weighted by Crippen LogP contribution is -2.48. The zero-order chi connectivity index (χ0) is 15.8. The summed E-state index contributed by atoms with van der Waals surface area (Å²) in [6.07, 6.45) is 5.60. The molecule has 1 aromatic carbocycles. The number of nitrogens with one attached hydrogen (secondary N) is 1. The fourth-order valence-electron chi connectivity index (χ4n) is 3.20. The van der Waals surface area contributed by atoms with Crippen LogP contribution in [0, 0.1) is 0 Å². The maximum atomic E-state index is 12.3. The van der Waals surface area contributed by atoms with Gasteiger partial charge in [-0.25, -0.2) is 0 Å². The van der Waals surface area contributed by atoms with Gasteiger partial charge in [-0.1, -0.05) is 13.3 Å². The largest absolute Gasteiger partial charge is 0.448 e. The van der Waals surface area contributed by atoms with Crippen LogP contribution >= 0.6 is 0 Å². The van der Waals surface area contributed by atoms with Gasteiger partial charge in [-0.3, -0.25) is 4.79 Å². The summed E-state index contributed by atoms with van der Waals surface area (Å²) >= 11 is 0. The summed E-state index contributed by atoms with van der Waals surface area (Å²) in [7, 11) is 0. The van der Waals surface area contributed by atoms with Crippen molar-refractivity contribution in [2.24, 2.45) is 5.73 Å². The van der Waals surface area contributed by atoms with Crippen LogP contribution < -0.4 is 20.5 Å². The highest BCUT2D eigenvalue weighted by Crippen LogP contribution is 2.47. The van der Waals surface area contributed by atoms with Gasteiger partial charge in [0.1, 0.15) is 0 Å². The number of nitrogens with two attached hydrogens (primary N) is 1. The Balaban J connectivity index is 1.72. The number of anilines is 1. The van der Waals surface area contributed by atoms with Crippen LogP contribution in [0.4, 0.5) is 5.69 Å². The molecule has 1 unspecified atom stereocenters. The molecule has 1 saturated carbocycles. The highest BCUT2D eigenvalue weighted by molar-refractivity contribution is 5.97. The molecule has 0 aromatic heterocycles. The first-order chi connectivity index (χ1) is 10.4.